The molecule has 0 bridgehead atoms. The minimum atomic E-state index is -0.673. The summed E-state index contributed by atoms with van der Waals surface area (Å²) >= 11 is 0. The van der Waals surface area contributed by atoms with E-state index in [1.165, 1.54) is 0 Å². The Morgan fingerprint density at radius 3 is 2.39 bits per heavy atom. The van der Waals surface area contributed by atoms with Crippen molar-refractivity contribution < 1.29 is 14.1 Å². The average molecular weight is 372 g/mol. The molecule has 4 aromatic rings. The van der Waals surface area contributed by atoms with Gasteiger partial charge in [0, 0.05) is 10.9 Å². The van der Waals surface area contributed by atoms with Crippen molar-refractivity contribution in [3.63, 3.8) is 0 Å². The Labute approximate surface area is 163 Å². The lowest BCUT2D eigenvalue weighted by Crippen LogP contribution is -2.25. The molecule has 4 rings (SSSR count). The second-order valence-electron chi connectivity index (χ2n) is 7.59. The van der Waals surface area contributed by atoms with Gasteiger partial charge in [0.15, 0.2) is 0 Å². The molecule has 0 N–H and O–H groups in total. The van der Waals surface area contributed by atoms with Crippen molar-refractivity contribution in [3.8, 4) is 28.5 Å². The van der Waals surface area contributed by atoms with Crippen molar-refractivity contribution in [2.45, 2.75) is 20.8 Å². The first-order valence-corrected chi connectivity index (χ1v) is 9.07. The van der Waals surface area contributed by atoms with E-state index in [2.05, 4.69) is 5.16 Å². The van der Waals surface area contributed by atoms with Crippen molar-refractivity contribution in [1.29, 1.82) is 0 Å². The number of fused-ring (bicyclic) bond motifs is 1. The lowest BCUT2D eigenvalue weighted by atomic mass is 9.97. The van der Waals surface area contributed by atoms with Gasteiger partial charge in [0.2, 0.25) is 0 Å². The van der Waals surface area contributed by atoms with Crippen LogP contribution in [0.25, 0.3) is 33.4 Å². The Bertz CT molecular complexity index is 1140. The third kappa shape index (κ3) is 3.39. The molecule has 5 heteroatoms. The Morgan fingerprint density at radius 2 is 1.64 bits per heavy atom. The Kier molecular flexibility index (Phi) is 4.43. The van der Waals surface area contributed by atoms with Crippen LogP contribution < -0.4 is 4.74 Å². The first kappa shape index (κ1) is 17.9. The van der Waals surface area contributed by atoms with Crippen LogP contribution in [0, 0.1) is 5.41 Å². The summed E-state index contributed by atoms with van der Waals surface area (Å²) in [6, 6.07) is 21.3. The number of pyridine rings is 1. The molecule has 0 aliphatic rings. The van der Waals surface area contributed by atoms with Crippen molar-refractivity contribution in [3.05, 3.63) is 66.7 Å². The fourth-order valence-electron chi connectivity index (χ4n) is 2.81. The maximum absolute atomic E-state index is 12.4. The van der Waals surface area contributed by atoms with E-state index < -0.39 is 11.4 Å². The quantitative estimate of drug-likeness (QED) is 0.444. The van der Waals surface area contributed by atoms with Crippen LogP contribution in [0.4, 0.5) is 0 Å². The Hall–Kier alpha value is -3.47. The molecule has 28 heavy (non-hydrogen) atoms. The van der Waals surface area contributed by atoms with Crippen molar-refractivity contribution in [1.82, 2.24) is 10.1 Å². The second-order valence-corrected chi connectivity index (χ2v) is 7.59. The maximum atomic E-state index is 12.4. The summed E-state index contributed by atoms with van der Waals surface area (Å²) in [4.78, 5) is 17.2. The van der Waals surface area contributed by atoms with Crippen LogP contribution in [0.15, 0.2) is 71.3 Å². The molecule has 0 radical (unpaired) electrons. The molecule has 5 nitrogen and oxygen atoms in total. The molecule has 0 saturated carbocycles. The monoisotopic (exact) mass is 372 g/mol. The van der Waals surface area contributed by atoms with E-state index in [0.717, 1.165) is 16.5 Å². The summed E-state index contributed by atoms with van der Waals surface area (Å²) in [7, 11) is 0. The summed E-state index contributed by atoms with van der Waals surface area (Å²) in [5, 5.41) is 5.21. The van der Waals surface area contributed by atoms with Gasteiger partial charge in [-0.2, -0.15) is 0 Å². The van der Waals surface area contributed by atoms with E-state index in [9.17, 15) is 4.79 Å². The number of hydrogen-bond donors (Lipinski definition) is 0. The summed E-state index contributed by atoms with van der Waals surface area (Å²) in [5.41, 5.74) is 2.81. The van der Waals surface area contributed by atoms with Crippen LogP contribution in [0.5, 0.6) is 5.95 Å². The highest BCUT2D eigenvalue weighted by atomic mass is 16.7. The van der Waals surface area contributed by atoms with Crippen LogP contribution in [0.1, 0.15) is 20.8 Å². The number of benzene rings is 2. The number of carbonyl (C=O) groups excluding carboxylic acids is 1. The van der Waals surface area contributed by atoms with Crippen LogP contribution in [-0.4, -0.2) is 16.1 Å². The highest BCUT2D eigenvalue weighted by molar-refractivity contribution is 5.88. The zero-order valence-electron chi connectivity index (χ0n) is 16.0. The van der Waals surface area contributed by atoms with Gasteiger partial charge in [-0.15, -0.1) is 0 Å². The fourth-order valence-corrected chi connectivity index (χ4v) is 2.81. The number of nitrogens with zero attached hydrogens (tertiary/aromatic N) is 2. The molecule has 0 unspecified atom stereocenters. The van der Waals surface area contributed by atoms with Crippen LogP contribution in [-0.2, 0) is 4.79 Å². The average Bonchev–Trinajstić information content (AvgIpc) is 3.11. The second kappa shape index (κ2) is 6.93. The van der Waals surface area contributed by atoms with Gasteiger partial charge >= 0.3 is 11.9 Å². The van der Waals surface area contributed by atoms with E-state index in [0.29, 0.717) is 17.0 Å². The van der Waals surface area contributed by atoms with Crippen molar-refractivity contribution in [2.75, 3.05) is 0 Å². The lowest BCUT2D eigenvalue weighted by molar-refractivity contribution is -0.144. The summed E-state index contributed by atoms with van der Waals surface area (Å²) in [5.74, 6) is -0.341. The Balaban J connectivity index is 1.88. The fraction of sp³-hybridized carbons (Fsp3) is 0.174. The number of aromatic nitrogens is 2. The first-order valence-electron chi connectivity index (χ1n) is 9.07. The van der Waals surface area contributed by atoms with Gasteiger partial charge in [-0.05, 0) is 32.9 Å². The van der Waals surface area contributed by atoms with Gasteiger partial charge in [0.05, 0.1) is 16.6 Å². The van der Waals surface area contributed by atoms with Gasteiger partial charge in [-0.25, -0.2) is 4.98 Å². The van der Waals surface area contributed by atoms with Gasteiger partial charge < -0.3 is 9.26 Å². The molecule has 0 saturated heterocycles. The highest BCUT2D eigenvalue weighted by Crippen LogP contribution is 2.39. The molecule has 0 fully saturated rings. The molecule has 2 aromatic heterocycles. The number of rotatable bonds is 3. The van der Waals surface area contributed by atoms with Crippen molar-refractivity contribution in [2.24, 2.45) is 5.41 Å². The molecule has 0 amide bonds. The normalized spacial score (nSPS) is 11.5. The lowest BCUT2D eigenvalue weighted by Gasteiger charge is -2.15. The maximum Gasteiger partial charge on any atom is 0.329 e. The standard InChI is InChI=1S/C23H20N2O3/c1-23(2,3)22(26)27-21-19(20(25-28-21)16-10-5-4-6-11-16)18-14-13-15-9-7-8-12-17(15)24-18/h4-14H,1-3H3. The van der Waals surface area contributed by atoms with E-state index in [1.807, 2.05) is 66.7 Å². The minimum Gasteiger partial charge on any atom is -0.390 e. The third-order valence-electron chi connectivity index (χ3n) is 4.36. The summed E-state index contributed by atoms with van der Waals surface area (Å²) < 4.78 is 11.0. The van der Waals surface area contributed by atoms with Crippen LogP contribution in [0.3, 0.4) is 0 Å². The van der Waals surface area contributed by atoms with E-state index in [-0.39, 0.29) is 5.95 Å². The SMILES string of the molecule is CC(C)(C)C(=O)Oc1onc(-c2ccccc2)c1-c1ccc2ccccc2n1. The summed E-state index contributed by atoms with van der Waals surface area (Å²) in [6.07, 6.45) is 0. The molecule has 0 spiro atoms. The van der Waals surface area contributed by atoms with Crippen LogP contribution >= 0.6 is 0 Å². The molecule has 140 valence electrons. The molecule has 0 atom stereocenters. The Morgan fingerprint density at radius 1 is 0.929 bits per heavy atom. The summed E-state index contributed by atoms with van der Waals surface area (Å²) in [6.45, 7) is 5.37. The molecule has 0 aliphatic heterocycles. The van der Waals surface area contributed by atoms with Crippen molar-refractivity contribution >= 4 is 16.9 Å². The first-order chi connectivity index (χ1) is 13.4. The molecular weight excluding hydrogens is 352 g/mol. The molecule has 2 heterocycles. The minimum absolute atomic E-state index is 0.0570. The number of hydrogen-bond acceptors (Lipinski definition) is 5. The predicted octanol–water partition coefficient (Wildman–Crippen LogP) is 5.51. The van der Waals surface area contributed by atoms with Gasteiger partial charge in [0.25, 0.3) is 0 Å². The topological polar surface area (TPSA) is 65.2 Å². The van der Waals surface area contributed by atoms with Gasteiger partial charge in [-0.1, -0.05) is 59.8 Å². The molecule has 2 aromatic carbocycles. The van der Waals surface area contributed by atoms with E-state index in [4.69, 9.17) is 14.2 Å². The van der Waals surface area contributed by atoms with Gasteiger partial charge in [0.1, 0.15) is 11.3 Å². The zero-order chi connectivity index (χ0) is 19.7. The molecular formula is C23H20N2O3. The third-order valence-corrected chi connectivity index (χ3v) is 4.36. The van der Waals surface area contributed by atoms with Crippen LogP contribution in [0.2, 0.25) is 0 Å². The molecule has 0 aliphatic carbocycles. The van der Waals surface area contributed by atoms with E-state index >= 15 is 0 Å². The number of para-hydroxylation sites is 1. The number of esters is 1. The smallest absolute Gasteiger partial charge is 0.329 e. The zero-order valence-corrected chi connectivity index (χ0v) is 16.0. The largest absolute Gasteiger partial charge is 0.390 e. The predicted molar refractivity (Wildman–Crippen MR) is 108 cm³/mol. The number of carbonyl (C=O) groups is 1. The van der Waals surface area contributed by atoms with Gasteiger partial charge in [-0.3, -0.25) is 4.79 Å². The number of ether oxygens (including phenoxy) is 1. The van der Waals surface area contributed by atoms with E-state index in [1.54, 1.807) is 20.8 Å². The highest BCUT2D eigenvalue weighted by Gasteiger charge is 2.29.